The predicted molar refractivity (Wildman–Crippen MR) is 195 cm³/mol. The van der Waals surface area contributed by atoms with Crippen molar-refractivity contribution in [2.45, 2.75) is 0 Å². The van der Waals surface area contributed by atoms with Gasteiger partial charge in [0.05, 0.1) is 16.7 Å². The van der Waals surface area contributed by atoms with Crippen molar-refractivity contribution >= 4 is 54.5 Å². The van der Waals surface area contributed by atoms with E-state index in [4.69, 9.17) is 19.4 Å². The molecule has 0 unspecified atom stereocenters. The fraction of sp³-hybridized carbons (Fsp3) is 0. The van der Waals surface area contributed by atoms with Crippen LogP contribution >= 0.6 is 0 Å². The zero-order valence-electron chi connectivity index (χ0n) is 25.7. The molecule has 0 aliphatic carbocycles. The van der Waals surface area contributed by atoms with E-state index in [0.717, 1.165) is 55.3 Å². The van der Waals surface area contributed by atoms with Crippen molar-refractivity contribution in [1.82, 2.24) is 19.5 Å². The third kappa shape index (κ3) is 4.08. The van der Waals surface area contributed by atoms with Crippen molar-refractivity contribution in [2.24, 2.45) is 0 Å². The highest BCUT2D eigenvalue weighted by atomic mass is 16.3. The van der Waals surface area contributed by atoms with Gasteiger partial charge in [-0.2, -0.15) is 0 Å². The highest BCUT2D eigenvalue weighted by molar-refractivity contribution is 6.17. The molecule has 0 amide bonds. The molecule has 5 nitrogen and oxygen atoms in total. The van der Waals surface area contributed by atoms with Gasteiger partial charge < -0.3 is 8.98 Å². The second-order valence-corrected chi connectivity index (χ2v) is 12.0. The second-order valence-electron chi connectivity index (χ2n) is 12.0. The van der Waals surface area contributed by atoms with E-state index in [1.54, 1.807) is 0 Å². The Morgan fingerprint density at radius 1 is 0.438 bits per heavy atom. The molecule has 0 aliphatic rings. The largest absolute Gasteiger partial charge is 0.454 e. The van der Waals surface area contributed by atoms with Crippen molar-refractivity contribution in [1.29, 1.82) is 0 Å². The predicted octanol–water partition coefficient (Wildman–Crippen LogP) is 11.0. The fourth-order valence-corrected chi connectivity index (χ4v) is 7.02. The fourth-order valence-electron chi connectivity index (χ4n) is 7.02. The Morgan fingerprint density at radius 3 is 1.75 bits per heavy atom. The van der Waals surface area contributed by atoms with Gasteiger partial charge in [0.25, 0.3) is 0 Å². The van der Waals surface area contributed by atoms with Crippen LogP contribution in [0.2, 0.25) is 0 Å². The minimum absolute atomic E-state index is 0.596. The standard InChI is InChI=1S/C43H26N4O/c1-3-13-27(14-4-1)41-44-42(28-15-5-2-6-16-28)46-43(45-41)33-23-24-36(40-39(33)32-20-10-12-22-38(32)48-40)47-35-21-11-9-19-31(35)34-25-29-17-7-8-18-30(29)26-37(34)47/h1-26H. The van der Waals surface area contributed by atoms with E-state index < -0.39 is 0 Å². The van der Waals surface area contributed by atoms with Crippen molar-refractivity contribution < 1.29 is 4.42 Å². The van der Waals surface area contributed by atoms with Crippen LogP contribution in [0.3, 0.4) is 0 Å². The van der Waals surface area contributed by atoms with Gasteiger partial charge in [-0.25, -0.2) is 15.0 Å². The lowest BCUT2D eigenvalue weighted by molar-refractivity contribution is 0.666. The maximum absolute atomic E-state index is 6.79. The van der Waals surface area contributed by atoms with E-state index in [2.05, 4.69) is 89.5 Å². The van der Waals surface area contributed by atoms with Crippen LogP contribution in [0.1, 0.15) is 0 Å². The summed E-state index contributed by atoms with van der Waals surface area (Å²) >= 11 is 0. The summed E-state index contributed by atoms with van der Waals surface area (Å²) in [5, 5.41) is 6.80. The molecule has 3 aromatic heterocycles. The summed E-state index contributed by atoms with van der Waals surface area (Å²) in [4.78, 5) is 15.1. The minimum atomic E-state index is 0.596. The quantitative estimate of drug-likeness (QED) is 0.198. The van der Waals surface area contributed by atoms with Crippen LogP contribution in [0.15, 0.2) is 162 Å². The van der Waals surface area contributed by atoms with Crippen LogP contribution in [0.4, 0.5) is 0 Å². The number of hydrogen-bond acceptors (Lipinski definition) is 4. The summed E-state index contributed by atoms with van der Waals surface area (Å²) in [7, 11) is 0. The zero-order valence-corrected chi connectivity index (χ0v) is 25.7. The average molecular weight is 615 g/mol. The Hall–Kier alpha value is -6.59. The van der Waals surface area contributed by atoms with Gasteiger partial charge in [0.15, 0.2) is 23.1 Å². The number of rotatable bonds is 4. The first kappa shape index (κ1) is 26.6. The molecule has 0 saturated heterocycles. The maximum Gasteiger partial charge on any atom is 0.164 e. The van der Waals surface area contributed by atoms with Gasteiger partial charge in [-0.15, -0.1) is 0 Å². The minimum Gasteiger partial charge on any atom is -0.454 e. The Labute approximate surface area is 275 Å². The van der Waals surface area contributed by atoms with E-state index in [9.17, 15) is 0 Å². The van der Waals surface area contributed by atoms with Crippen molar-refractivity contribution in [2.75, 3.05) is 0 Å². The molecule has 0 radical (unpaired) electrons. The van der Waals surface area contributed by atoms with Crippen LogP contribution < -0.4 is 0 Å². The molecular formula is C43H26N4O. The molecule has 0 fully saturated rings. The Morgan fingerprint density at radius 2 is 1.02 bits per heavy atom. The molecule has 48 heavy (non-hydrogen) atoms. The van der Waals surface area contributed by atoms with E-state index in [-0.39, 0.29) is 0 Å². The SMILES string of the molecule is c1ccc(-c2nc(-c3ccccc3)nc(-c3ccc(-n4c5ccccc5c5cc6ccccc6cc54)c4oc5ccccc5c34)n2)cc1. The van der Waals surface area contributed by atoms with E-state index in [1.807, 2.05) is 72.8 Å². The molecule has 0 spiro atoms. The molecule has 10 aromatic rings. The lowest BCUT2D eigenvalue weighted by Gasteiger charge is -2.12. The van der Waals surface area contributed by atoms with E-state index in [0.29, 0.717) is 17.5 Å². The van der Waals surface area contributed by atoms with Crippen LogP contribution in [0.25, 0.3) is 94.4 Å². The third-order valence-electron chi connectivity index (χ3n) is 9.23. The summed E-state index contributed by atoms with van der Waals surface area (Å²) in [6.45, 7) is 0. The van der Waals surface area contributed by atoms with Gasteiger partial charge in [0.2, 0.25) is 0 Å². The van der Waals surface area contributed by atoms with Crippen molar-refractivity contribution in [3.8, 4) is 39.9 Å². The lowest BCUT2D eigenvalue weighted by atomic mass is 10.0. The molecule has 5 heteroatoms. The smallest absolute Gasteiger partial charge is 0.164 e. The van der Waals surface area contributed by atoms with E-state index in [1.165, 1.54) is 21.5 Å². The lowest BCUT2D eigenvalue weighted by Crippen LogP contribution is -2.01. The van der Waals surface area contributed by atoms with Crippen molar-refractivity contribution in [3.05, 3.63) is 158 Å². The number of fused-ring (bicyclic) bond motifs is 7. The van der Waals surface area contributed by atoms with Crippen molar-refractivity contribution in [3.63, 3.8) is 0 Å². The van der Waals surface area contributed by atoms with Gasteiger partial charge in [-0.05, 0) is 47.2 Å². The molecule has 7 aromatic carbocycles. The summed E-state index contributed by atoms with van der Waals surface area (Å²) < 4.78 is 9.13. The first-order chi connectivity index (χ1) is 23.8. The Balaban J connectivity index is 1.30. The number of nitrogens with zero attached hydrogens (tertiary/aromatic N) is 4. The highest BCUT2D eigenvalue weighted by Gasteiger charge is 2.23. The van der Waals surface area contributed by atoms with Crippen LogP contribution in [-0.2, 0) is 0 Å². The van der Waals surface area contributed by atoms with Gasteiger partial charge in [-0.1, -0.05) is 121 Å². The Kier molecular flexibility index (Phi) is 5.81. The number of benzene rings is 7. The van der Waals surface area contributed by atoms with Gasteiger partial charge >= 0.3 is 0 Å². The number of para-hydroxylation sites is 2. The molecule has 10 rings (SSSR count). The highest BCUT2D eigenvalue weighted by Crippen LogP contribution is 2.42. The third-order valence-corrected chi connectivity index (χ3v) is 9.23. The first-order valence-electron chi connectivity index (χ1n) is 16.0. The molecule has 224 valence electrons. The van der Waals surface area contributed by atoms with Crippen LogP contribution in [-0.4, -0.2) is 19.5 Å². The zero-order chi connectivity index (χ0) is 31.6. The monoisotopic (exact) mass is 614 g/mol. The van der Waals surface area contributed by atoms with Crippen LogP contribution in [0, 0.1) is 0 Å². The molecule has 0 N–H and O–H groups in total. The average Bonchev–Trinajstić information content (AvgIpc) is 3.70. The topological polar surface area (TPSA) is 56.7 Å². The molecule has 0 aliphatic heterocycles. The number of furan rings is 1. The Bertz CT molecular complexity index is 2780. The molecule has 3 heterocycles. The number of hydrogen-bond donors (Lipinski definition) is 0. The van der Waals surface area contributed by atoms with Gasteiger partial charge in [0.1, 0.15) is 5.58 Å². The molecule has 0 atom stereocenters. The van der Waals surface area contributed by atoms with Gasteiger partial charge in [0, 0.05) is 38.2 Å². The summed E-state index contributed by atoms with van der Waals surface area (Å²) in [6, 6.07) is 54.4. The normalized spacial score (nSPS) is 11.8. The van der Waals surface area contributed by atoms with Crippen LogP contribution in [0.5, 0.6) is 0 Å². The molecule has 0 bridgehead atoms. The second kappa shape index (κ2) is 10.5. The number of aromatic nitrogens is 4. The molecule has 0 saturated carbocycles. The van der Waals surface area contributed by atoms with E-state index >= 15 is 0 Å². The summed E-state index contributed by atoms with van der Waals surface area (Å²) in [5.41, 5.74) is 7.56. The van der Waals surface area contributed by atoms with Gasteiger partial charge in [-0.3, -0.25) is 0 Å². The summed E-state index contributed by atoms with van der Waals surface area (Å²) in [5.74, 6) is 1.84. The maximum atomic E-state index is 6.79. The first-order valence-corrected chi connectivity index (χ1v) is 16.0. The summed E-state index contributed by atoms with van der Waals surface area (Å²) in [6.07, 6.45) is 0. The molecular weight excluding hydrogens is 589 g/mol.